The Morgan fingerprint density at radius 2 is 2.17 bits per heavy atom. The van der Waals surface area contributed by atoms with Gasteiger partial charge in [0.15, 0.2) is 0 Å². The van der Waals surface area contributed by atoms with Crippen LogP contribution in [0.5, 0.6) is 0 Å². The molecule has 1 aromatic heterocycles. The molecule has 2 aromatic rings. The zero-order valence-corrected chi connectivity index (χ0v) is 14.8. The number of halogens is 1. The first-order valence-electron chi connectivity index (χ1n) is 8.01. The summed E-state index contributed by atoms with van der Waals surface area (Å²) in [6.45, 7) is 6.49. The van der Waals surface area contributed by atoms with Crippen LogP contribution in [-0.4, -0.2) is 44.0 Å². The Hall–Kier alpha value is -1.92. The van der Waals surface area contributed by atoms with Crippen molar-refractivity contribution in [2.24, 2.45) is 0 Å². The van der Waals surface area contributed by atoms with Crippen LogP contribution >= 0.6 is 11.6 Å². The maximum Gasteiger partial charge on any atom is 0.254 e. The third kappa shape index (κ3) is 2.91. The van der Waals surface area contributed by atoms with Gasteiger partial charge in [-0.1, -0.05) is 22.9 Å². The average Bonchev–Trinajstić information content (AvgIpc) is 3.17. The number of benzene rings is 1. The van der Waals surface area contributed by atoms with Crippen LogP contribution < -0.4 is 0 Å². The van der Waals surface area contributed by atoms with E-state index < -0.39 is 5.60 Å². The number of nitrogens with zero attached hydrogens (tertiary/aromatic N) is 4. The smallest absolute Gasteiger partial charge is 0.254 e. The van der Waals surface area contributed by atoms with E-state index in [9.17, 15) is 9.90 Å². The summed E-state index contributed by atoms with van der Waals surface area (Å²) in [5.74, 6) is -0.123. The Labute approximate surface area is 146 Å². The van der Waals surface area contributed by atoms with E-state index in [0.717, 1.165) is 5.56 Å². The van der Waals surface area contributed by atoms with Crippen molar-refractivity contribution < 1.29 is 9.90 Å². The van der Waals surface area contributed by atoms with E-state index >= 15 is 0 Å². The second kappa shape index (κ2) is 6.18. The number of β-amino-alcohol motifs (C(OH)–C–C–N with tert-alkyl or cyclic N) is 1. The predicted octanol–water partition coefficient (Wildman–Crippen LogP) is 2.55. The minimum atomic E-state index is -1.16. The van der Waals surface area contributed by atoms with Crippen LogP contribution in [0.4, 0.5) is 0 Å². The molecule has 0 aliphatic carbocycles. The third-order valence-corrected chi connectivity index (χ3v) is 4.96. The standard InChI is InChI=1S/C17H21ClN4O2/c1-11(2)22-9-15(19-20-22)17(24)7-8-21(10-17)16(23)13-5-4-6-14(18)12(13)3/h4-6,9,11,24H,7-8,10H2,1-3H3/t17-/m0/s1. The Kier molecular flexibility index (Phi) is 4.36. The number of aromatic nitrogens is 3. The predicted molar refractivity (Wildman–Crippen MR) is 91.0 cm³/mol. The van der Waals surface area contributed by atoms with Crippen molar-refractivity contribution in [3.63, 3.8) is 0 Å². The number of carbonyl (C=O) groups excluding carboxylic acids is 1. The van der Waals surface area contributed by atoms with Gasteiger partial charge in [-0.05, 0) is 38.5 Å². The largest absolute Gasteiger partial charge is 0.381 e. The molecule has 0 bridgehead atoms. The molecule has 0 unspecified atom stereocenters. The van der Waals surface area contributed by atoms with Gasteiger partial charge in [0.1, 0.15) is 11.3 Å². The van der Waals surface area contributed by atoms with Gasteiger partial charge in [-0.15, -0.1) is 5.10 Å². The van der Waals surface area contributed by atoms with Gasteiger partial charge >= 0.3 is 0 Å². The number of aliphatic hydroxyl groups is 1. The van der Waals surface area contributed by atoms with Gasteiger partial charge in [0.05, 0.1) is 12.7 Å². The Morgan fingerprint density at radius 1 is 1.42 bits per heavy atom. The minimum absolute atomic E-state index is 0.123. The van der Waals surface area contributed by atoms with Crippen molar-refractivity contribution in [1.29, 1.82) is 0 Å². The first kappa shape index (κ1) is 16.9. The van der Waals surface area contributed by atoms with E-state index in [-0.39, 0.29) is 18.5 Å². The highest BCUT2D eigenvalue weighted by molar-refractivity contribution is 6.31. The van der Waals surface area contributed by atoms with Crippen LogP contribution in [-0.2, 0) is 5.60 Å². The lowest BCUT2D eigenvalue weighted by Crippen LogP contribution is -2.35. The lowest BCUT2D eigenvalue weighted by molar-refractivity contribution is 0.0381. The summed E-state index contributed by atoms with van der Waals surface area (Å²) in [4.78, 5) is 14.4. The number of likely N-dealkylation sites (tertiary alicyclic amines) is 1. The second-order valence-corrected chi connectivity index (χ2v) is 7.01. The molecule has 1 aliphatic rings. The van der Waals surface area contributed by atoms with Crippen molar-refractivity contribution in [2.45, 2.75) is 38.8 Å². The first-order valence-corrected chi connectivity index (χ1v) is 8.39. The number of amides is 1. The van der Waals surface area contributed by atoms with Gasteiger partial charge in [-0.25, -0.2) is 4.68 Å². The van der Waals surface area contributed by atoms with Gasteiger partial charge in [0.25, 0.3) is 5.91 Å². The molecule has 0 radical (unpaired) electrons. The summed E-state index contributed by atoms with van der Waals surface area (Å²) in [5, 5.41) is 19.6. The van der Waals surface area contributed by atoms with Crippen LogP contribution in [0.1, 0.15) is 47.9 Å². The number of carbonyl (C=O) groups is 1. The fraction of sp³-hybridized carbons (Fsp3) is 0.471. The molecule has 1 amide bonds. The fourth-order valence-corrected chi connectivity index (χ4v) is 3.10. The summed E-state index contributed by atoms with van der Waals surface area (Å²) in [6, 6.07) is 5.45. The fourth-order valence-electron chi connectivity index (χ4n) is 2.93. The van der Waals surface area contributed by atoms with Gasteiger partial charge in [-0.2, -0.15) is 0 Å². The zero-order valence-electron chi connectivity index (χ0n) is 14.0. The SMILES string of the molecule is Cc1c(Cl)cccc1C(=O)N1CC[C@@](O)(c2cn(C(C)C)nn2)C1. The highest BCUT2D eigenvalue weighted by Gasteiger charge is 2.42. The molecule has 1 aliphatic heterocycles. The molecule has 0 spiro atoms. The van der Waals surface area contributed by atoms with Crippen LogP contribution in [0.3, 0.4) is 0 Å². The van der Waals surface area contributed by atoms with E-state index in [0.29, 0.717) is 29.2 Å². The van der Waals surface area contributed by atoms with E-state index in [2.05, 4.69) is 10.3 Å². The molecule has 6 nitrogen and oxygen atoms in total. The summed E-state index contributed by atoms with van der Waals surface area (Å²) < 4.78 is 1.71. The first-order chi connectivity index (χ1) is 11.3. The molecule has 128 valence electrons. The summed E-state index contributed by atoms with van der Waals surface area (Å²) in [7, 11) is 0. The van der Waals surface area contributed by atoms with Crippen LogP contribution in [0, 0.1) is 6.92 Å². The number of rotatable bonds is 3. The van der Waals surface area contributed by atoms with Crippen molar-refractivity contribution in [1.82, 2.24) is 19.9 Å². The Bertz CT molecular complexity index is 774. The lowest BCUT2D eigenvalue weighted by Gasteiger charge is -2.22. The number of hydrogen-bond acceptors (Lipinski definition) is 4. The van der Waals surface area contributed by atoms with E-state index in [1.165, 1.54) is 0 Å². The maximum absolute atomic E-state index is 12.8. The highest BCUT2D eigenvalue weighted by Crippen LogP contribution is 2.32. The molecule has 1 atom stereocenters. The molecular formula is C17H21ClN4O2. The van der Waals surface area contributed by atoms with Crippen LogP contribution in [0.25, 0.3) is 0 Å². The summed E-state index contributed by atoms with van der Waals surface area (Å²) in [6.07, 6.45) is 2.19. The van der Waals surface area contributed by atoms with Gasteiger partial charge in [0, 0.05) is 29.6 Å². The lowest BCUT2D eigenvalue weighted by atomic mass is 10.00. The Balaban J connectivity index is 1.81. The van der Waals surface area contributed by atoms with Gasteiger partial charge in [-0.3, -0.25) is 4.79 Å². The maximum atomic E-state index is 12.8. The molecule has 1 saturated heterocycles. The topological polar surface area (TPSA) is 71.2 Å². The van der Waals surface area contributed by atoms with E-state index in [1.807, 2.05) is 20.8 Å². The third-order valence-electron chi connectivity index (χ3n) is 4.55. The van der Waals surface area contributed by atoms with E-state index in [4.69, 9.17) is 11.6 Å². The molecular weight excluding hydrogens is 328 g/mol. The van der Waals surface area contributed by atoms with Crippen molar-refractivity contribution >= 4 is 17.5 Å². The quantitative estimate of drug-likeness (QED) is 0.925. The zero-order chi connectivity index (χ0) is 17.5. The monoisotopic (exact) mass is 348 g/mol. The summed E-state index contributed by atoms with van der Waals surface area (Å²) >= 11 is 6.11. The number of hydrogen-bond donors (Lipinski definition) is 1. The van der Waals surface area contributed by atoms with Crippen LogP contribution in [0.15, 0.2) is 24.4 Å². The Morgan fingerprint density at radius 3 is 2.83 bits per heavy atom. The van der Waals surface area contributed by atoms with Gasteiger partial charge in [0.2, 0.25) is 0 Å². The normalized spacial score (nSPS) is 20.8. The van der Waals surface area contributed by atoms with Gasteiger partial charge < -0.3 is 10.0 Å². The van der Waals surface area contributed by atoms with E-state index in [1.54, 1.807) is 34.0 Å². The minimum Gasteiger partial charge on any atom is -0.381 e. The molecule has 1 fully saturated rings. The van der Waals surface area contributed by atoms with Crippen molar-refractivity contribution in [3.8, 4) is 0 Å². The molecule has 2 heterocycles. The second-order valence-electron chi connectivity index (χ2n) is 6.60. The van der Waals surface area contributed by atoms with Crippen LogP contribution in [0.2, 0.25) is 5.02 Å². The molecule has 0 saturated carbocycles. The molecule has 1 aromatic carbocycles. The molecule has 3 rings (SSSR count). The van der Waals surface area contributed by atoms with Crippen molar-refractivity contribution in [3.05, 3.63) is 46.2 Å². The highest BCUT2D eigenvalue weighted by atomic mass is 35.5. The molecule has 24 heavy (non-hydrogen) atoms. The molecule has 7 heteroatoms. The molecule has 1 N–H and O–H groups in total. The summed E-state index contributed by atoms with van der Waals surface area (Å²) in [5.41, 5.74) is 0.673. The average molecular weight is 349 g/mol. The van der Waals surface area contributed by atoms with Crippen molar-refractivity contribution in [2.75, 3.05) is 13.1 Å².